The van der Waals surface area contributed by atoms with Crippen molar-refractivity contribution in [3.63, 3.8) is 0 Å². The van der Waals surface area contributed by atoms with Gasteiger partial charge in [0.05, 0.1) is 35.6 Å². The van der Waals surface area contributed by atoms with Crippen LogP contribution in [-0.4, -0.2) is 24.3 Å². The van der Waals surface area contributed by atoms with E-state index in [1.54, 1.807) is 18.6 Å². The van der Waals surface area contributed by atoms with Crippen molar-refractivity contribution >= 4 is 39.9 Å². The first-order valence-electron chi connectivity index (χ1n) is 15.7. The lowest BCUT2D eigenvalue weighted by molar-refractivity contribution is -0.138. The molecule has 0 saturated carbocycles. The van der Waals surface area contributed by atoms with E-state index < -0.39 is 12.0 Å². The molecule has 1 atom stereocenters. The summed E-state index contributed by atoms with van der Waals surface area (Å²) >= 11 is 1.28. The third-order valence-corrected chi connectivity index (χ3v) is 9.21. The lowest BCUT2D eigenvalue weighted by Crippen LogP contribution is -2.40. The minimum Gasteiger partial charge on any atom is -0.497 e. The van der Waals surface area contributed by atoms with Crippen molar-refractivity contribution in [3.05, 3.63) is 169 Å². The first-order valence-corrected chi connectivity index (χ1v) is 16.5. The first-order chi connectivity index (χ1) is 23.6. The number of carbonyl (C=O) groups excluding carboxylic acids is 1. The Bertz CT molecular complexity index is 2340. The van der Waals surface area contributed by atoms with Crippen LogP contribution >= 0.6 is 11.3 Å². The Labute approximate surface area is 281 Å². The molecule has 1 aliphatic rings. The van der Waals surface area contributed by atoms with Gasteiger partial charge >= 0.3 is 5.97 Å². The monoisotopic (exact) mass is 652 g/mol. The zero-order valence-corrected chi connectivity index (χ0v) is 27.3. The Morgan fingerprint density at radius 1 is 0.896 bits per heavy atom. The Hall–Kier alpha value is -5.73. The molecular weight excluding hydrogens is 621 g/mol. The highest BCUT2D eigenvalue weighted by molar-refractivity contribution is 7.07. The molecule has 0 N–H and O–H groups in total. The van der Waals surface area contributed by atoms with Crippen LogP contribution in [0.4, 0.5) is 0 Å². The molecule has 6 aromatic rings. The van der Waals surface area contributed by atoms with E-state index in [4.69, 9.17) is 19.2 Å². The van der Waals surface area contributed by atoms with E-state index in [9.17, 15) is 9.59 Å². The van der Waals surface area contributed by atoms with Crippen molar-refractivity contribution in [3.8, 4) is 11.5 Å². The topological polar surface area (TPSA) is 79.1 Å². The van der Waals surface area contributed by atoms with Gasteiger partial charge in [-0.3, -0.25) is 9.36 Å². The van der Waals surface area contributed by atoms with Crippen LogP contribution in [-0.2, 0) is 16.1 Å². The maximum absolute atomic E-state index is 14.6. The van der Waals surface area contributed by atoms with Crippen LogP contribution in [0.3, 0.4) is 0 Å². The standard InChI is InChI=1S/C40H32N2O5S/c1-3-46-39(44)35-36(28-16-8-5-9-17-28)41-40-42(37(35)29-18-12-19-30(23-29)45-2)38(43)34(48-40)24-32-31-20-11-10-15-27(31)21-22-33(32)47-25-26-13-6-4-7-14-26/h4-24,37H,3,25H2,1-2H3/b34-24-/t37-/m1/s1. The number of ether oxygens (including phenoxy) is 3. The molecule has 1 aromatic heterocycles. The molecule has 0 aliphatic carbocycles. The minimum atomic E-state index is -0.811. The molecule has 7 nitrogen and oxygen atoms in total. The van der Waals surface area contributed by atoms with Gasteiger partial charge in [-0.25, -0.2) is 9.79 Å². The highest BCUT2D eigenvalue weighted by Gasteiger charge is 2.35. The van der Waals surface area contributed by atoms with E-state index in [1.807, 2.05) is 127 Å². The molecule has 0 radical (unpaired) electrons. The molecule has 0 unspecified atom stereocenters. The van der Waals surface area contributed by atoms with Gasteiger partial charge in [0.15, 0.2) is 4.80 Å². The van der Waals surface area contributed by atoms with Crippen molar-refractivity contribution in [2.45, 2.75) is 19.6 Å². The third-order valence-electron chi connectivity index (χ3n) is 8.23. The number of fused-ring (bicyclic) bond motifs is 2. The van der Waals surface area contributed by atoms with Gasteiger partial charge in [0, 0.05) is 11.1 Å². The van der Waals surface area contributed by atoms with Crippen LogP contribution in [0.5, 0.6) is 11.5 Å². The number of methoxy groups -OCH3 is 1. The summed E-state index contributed by atoms with van der Waals surface area (Å²) in [5, 5.41) is 1.98. The third kappa shape index (κ3) is 5.94. The molecular formula is C40H32N2O5S. The van der Waals surface area contributed by atoms with Crippen molar-refractivity contribution < 1.29 is 19.0 Å². The Kier molecular flexibility index (Phi) is 8.72. The summed E-state index contributed by atoms with van der Waals surface area (Å²) in [4.78, 5) is 33.8. The number of esters is 1. The lowest BCUT2D eigenvalue weighted by Gasteiger charge is -2.26. The molecule has 0 spiro atoms. The second kappa shape index (κ2) is 13.6. The summed E-state index contributed by atoms with van der Waals surface area (Å²) in [6.07, 6.45) is 1.88. The average Bonchev–Trinajstić information content (AvgIpc) is 3.45. The molecule has 48 heavy (non-hydrogen) atoms. The zero-order valence-electron chi connectivity index (χ0n) is 26.5. The van der Waals surface area contributed by atoms with E-state index in [0.29, 0.717) is 38.7 Å². The van der Waals surface area contributed by atoms with Crippen LogP contribution < -0.4 is 24.4 Å². The van der Waals surface area contributed by atoms with Crippen LogP contribution in [0, 0.1) is 0 Å². The Morgan fingerprint density at radius 3 is 2.42 bits per heavy atom. The van der Waals surface area contributed by atoms with Gasteiger partial charge in [-0.15, -0.1) is 0 Å². The SMILES string of the molecule is CCOC(=O)C1=C(c2ccccc2)N=c2s/c(=C\c3c(OCc4ccccc4)ccc4ccccc34)c(=O)n2[C@@H]1c1cccc(OC)c1. The predicted octanol–water partition coefficient (Wildman–Crippen LogP) is 6.68. The molecule has 1 aliphatic heterocycles. The van der Waals surface area contributed by atoms with Gasteiger partial charge in [-0.2, -0.15) is 0 Å². The number of thiazole rings is 1. The predicted molar refractivity (Wildman–Crippen MR) is 189 cm³/mol. The summed E-state index contributed by atoms with van der Waals surface area (Å²) < 4.78 is 19.6. The summed E-state index contributed by atoms with van der Waals surface area (Å²) in [6.45, 7) is 2.31. The zero-order chi connectivity index (χ0) is 33.0. The summed E-state index contributed by atoms with van der Waals surface area (Å²) in [5.41, 5.74) is 3.75. The molecule has 0 fully saturated rings. The highest BCUT2D eigenvalue weighted by Crippen LogP contribution is 2.36. The molecule has 0 saturated heterocycles. The largest absolute Gasteiger partial charge is 0.497 e. The number of carbonyl (C=O) groups is 1. The summed E-state index contributed by atoms with van der Waals surface area (Å²) in [5.74, 6) is 0.727. The highest BCUT2D eigenvalue weighted by atomic mass is 32.1. The first kappa shape index (κ1) is 30.9. The minimum absolute atomic E-state index is 0.173. The molecule has 2 heterocycles. The Morgan fingerprint density at radius 2 is 1.65 bits per heavy atom. The second-order valence-electron chi connectivity index (χ2n) is 11.2. The quantitative estimate of drug-likeness (QED) is 0.163. The van der Waals surface area contributed by atoms with Crippen LogP contribution in [0.25, 0.3) is 22.5 Å². The van der Waals surface area contributed by atoms with Gasteiger partial charge in [0.25, 0.3) is 5.56 Å². The van der Waals surface area contributed by atoms with Crippen LogP contribution in [0.1, 0.15) is 35.2 Å². The van der Waals surface area contributed by atoms with Gasteiger partial charge in [-0.05, 0) is 53.1 Å². The fourth-order valence-electron chi connectivity index (χ4n) is 5.98. The van der Waals surface area contributed by atoms with E-state index in [0.717, 1.165) is 27.5 Å². The number of hydrogen-bond acceptors (Lipinski definition) is 7. The van der Waals surface area contributed by atoms with Gasteiger partial charge in [0.2, 0.25) is 0 Å². The summed E-state index contributed by atoms with van der Waals surface area (Å²) in [6, 6.07) is 38.1. The van der Waals surface area contributed by atoms with Crippen molar-refractivity contribution in [1.82, 2.24) is 4.57 Å². The normalized spacial score (nSPS) is 14.4. The summed E-state index contributed by atoms with van der Waals surface area (Å²) in [7, 11) is 1.59. The number of rotatable bonds is 9. The maximum Gasteiger partial charge on any atom is 0.338 e. The molecule has 0 amide bonds. The molecule has 0 bridgehead atoms. The van der Waals surface area contributed by atoms with Crippen molar-refractivity contribution in [1.29, 1.82) is 0 Å². The van der Waals surface area contributed by atoms with Crippen LogP contribution in [0.15, 0.2) is 137 Å². The Balaban J connectivity index is 1.47. The van der Waals surface area contributed by atoms with E-state index >= 15 is 0 Å². The maximum atomic E-state index is 14.6. The fraction of sp³-hybridized carbons (Fsp3) is 0.125. The molecule has 238 valence electrons. The van der Waals surface area contributed by atoms with E-state index in [1.165, 1.54) is 11.3 Å². The number of hydrogen-bond donors (Lipinski definition) is 0. The molecule has 7 rings (SSSR count). The average molecular weight is 653 g/mol. The van der Waals surface area contributed by atoms with Crippen molar-refractivity contribution in [2.75, 3.05) is 13.7 Å². The van der Waals surface area contributed by atoms with E-state index in [2.05, 4.69) is 0 Å². The molecule has 8 heteroatoms. The second-order valence-corrected chi connectivity index (χ2v) is 12.2. The van der Waals surface area contributed by atoms with Gasteiger partial charge < -0.3 is 14.2 Å². The van der Waals surface area contributed by atoms with Crippen molar-refractivity contribution in [2.24, 2.45) is 4.99 Å². The van der Waals surface area contributed by atoms with Gasteiger partial charge in [-0.1, -0.05) is 114 Å². The molecule has 5 aromatic carbocycles. The lowest BCUT2D eigenvalue weighted by atomic mass is 9.93. The fourth-order valence-corrected chi connectivity index (χ4v) is 6.97. The van der Waals surface area contributed by atoms with E-state index in [-0.39, 0.29) is 17.7 Å². The number of benzene rings is 5. The number of nitrogens with zero attached hydrogens (tertiary/aromatic N) is 2. The van der Waals surface area contributed by atoms with Crippen LogP contribution in [0.2, 0.25) is 0 Å². The number of aromatic nitrogens is 1. The van der Waals surface area contributed by atoms with Gasteiger partial charge in [0.1, 0.15) is 18.1 Å². The smallest absolute Gasteiger partial charge is 0.338 e.